The number of rotatable bonds is 1. The number of hydrogen-bond donors (Lipinski definition) is 2. The van der Waals surface area contributed by atoms with Crippen LogP contribution in [-0.4, -0.2) is 18.1 Å². The van der Waals surface area contributed by atoms with Gasteiger partial charge >= 0.3 is 0 Å². The van der Waals surface area contributed by atoms with Crippen LogP contribution in [0.3, 0.4) is 0 Å². The average Bonchev–Trinajstić information content (AvgIpc) is 2.65. The van der Waals surface area contributed by atoms with E-state index in [1.54, 1.807) is 7.11 Å². The fourth-order valence-corrected chi connectivity index (χ4v) is 2.62. The summed E-state index contributed by atoms with van der Waals surface area (Å²) in [7, 11) is 1.71. The van der Waals surface area contributed by atoms with Crippen LogP contribution in [0.4, 0.5) is 0 Å². The van der Waals surface area contributed by atoms with Crippen LogP contribution < -0.4 is 10.5 Å². The van der Waals surface area contributed by atoms with E-state index in [0.29, 0.717) is 6.04 Å². The van der Waals surface area contributed by atoms with Crippen LogP contribution in [0.2, 0.25) is 0 Å². The van der Waals surface area contributed by atoms with Crippen LogP contribution in [0.5, 0.6) is 5.75 Å². The van der Waals surface area contributed by atoms with E-state index in [1.165, 1.54) is 16.6 Å². The number of hydrogen-bond acceptors (Lipinski definition) is 2. The number of benzene rings is 1. The molecule has 3 heteroatoms. The standard InChI is InChI=1S/C13H16N2O/c1-16-12-4-2-3-10-9-6-5-8(14)7-11(9)15-13(10)12/h2-4,8,15H,5-7,14H2,1H3. The average molecular weight is 216 g/mol. The first-order chi connectivity index (χ1) is 7.79. The minimum absolute atomic E-state index is 0.298. The van der Waals surface area contributed by atoms with Gasteiger partial charge < -0.3 is 15.5 Å². The van der Waals surface area contributed by atoms with Crippen molar-refractivity contribution >= 4 is 10.9 Å². The van der Waals surface area contributed by atoms with Crippen molar-refractivity contribution in [2.24, 2.45) is 5.73 Å². The van der Waals surface area contributed by atoms with Gasteiger partial charge in [0.15, 0.2) is 0 Å². The van der Waals surface area contributed by atoms with E-state index in [0.717, 1.165) is 30.5 Å². The zero-order valence-corrected chi connectivity index (χ0v) is 9.42. The lowest BCUT2D eigenvalue weighted by molar-refractivity contribution is 0.419. The van der Waals surface area contributed by atoms with Gasteiger partial charge in [0.25, 0.3) is 0 Å². The summed E-state index contributed by atoms with van der Waals surface area (Å²) in [5.41, 5.74) is 9.82. The summed E-state index contributed by atoms with van der Waals surface area (Å²) >= 11 is 0. The van der Waals surface area contributed by atoms with Crippen molar-refractivity contribution in [3.63, 3.8) is 0 Å². The third-order valence-corrected chi connectivity index (χ3v) is 3.44. The first-order valence-corrected chi connectivity index (χ1v) is 5.71. The Morgan fingerprint density at radius 2 is 2.31 bits per heavy atom. The number of ether oxygens (including phenoxy) is 1. The van der Waals surface area contributed by atoms with Crippen LogP contribution in [0.15, 0.2) is 18.2 Å². The first kappa shape index (κ1) is 9.73. The summed E-state index contributed by atoms with van der Waals surface area (Å²) < 4.78 is 5.37. The first-order valence-electron chi connectivity index (χ1n) is 5.71. The smallest absolute Gasteiger partial charge is 0.142 e. The molecule has 0 radical (unpaired) electrons. The summed E-state index contributed by atoms with van der Waals surface area (Å²) in [6, 6.07) is 6.49. The van der Waals surface area contributed by atoms with Crippen molar-refractivity contribution in [1.29, 1.82) is 0 Å². The second-order valence-corrected chi connectivity index (χ2v) is 4.47. The van der Waals surface area contributed by atoms with Crippen molar-refractivity contribution in [1.82, 2.24) is 4.98 Å². The van der Waals surface area contributed by atoms with E-state index >= 15 is 0 Å². The van der Waals surface area contributed by atoms with E-state index in [-0.39, 0.29) is 0 Å². The molecule has 1 atom stereocenters. The molecule has 0 amide bonds. The van der Waals surface area contributed by atoms with E-state index in [1.807, 2.05) is 12.1 Å². The third kappa shape index (κ3) is 1.32. The molecule has 1 heterocycles. The number of para-hydroxylation sites is 1. The molecule has 0 spiro atoms. The lowest BCUT2D eigenvalue weighted by Gasteiger charge is -2.17. The Morgan fingerprint density at radius 3 is 3.12 bits per heavy atom. The Labute approximate surface area is 94.6 Å². The van der Waals surface area contributed by atoms with Gasteiger partial charge in [-0.3, -0.25) is 0 Å². The lowest BCUT2D eigenvalue weighted by atomic mass is 9.92. The Bertz CT molecular complexity index is 530. The maximum absolute atomic E-state index is 5.99. The van der Waals surface area contributed by atoms with E-state index < -0.39 is 0 Å². The number of nitrogens with two attached hydrogens (primary N) is 1. The normalized spacial score (nSPS) is 19.8. The lowest BCUT2D eigenvalue weighted by Crippen LogP contribution is -2.27. The van der Waals surface area contributed by atoms with Crippen molar-refractivity contribution < 1.29 is 4.74 Å². The highest BCUT2D eigenvalue weighted by molar-refractivity contribution is 5.89. The molecule has 2 aromatic rings. The zero-order valence-electron chi connectivity index (χ0n) is 9.42. The molecule has 0 fully saturated rings. The molecule has 3 nitrogen and oxygen atoms in total. The number of nitrogens with one attached hydrogen (secondary N) is 1. The summed E-state index contributed by atoms with van der Waals surface area (Å²) in [6.07, 6.45) is 3.11. The van der Waals surface area contributed by atoms with Gasteiger partial charge in [-0.15, -0.1) is 0 Å². The van der Waals surface area contributed by atoms with Crippen LogP contribution in [0.1, 0.15) is 17.7 Å². The predicted octanol–water partition coefficient (Wildman–Crippen LogP) is 1.99. The molecular formula is C13H16N2O. The Balaban J connectivity index is 2.24. The molecule has 1 aliphatic carbocycles. The monoisotopic (exact) mass is 216 g/mol. The Hall–Kier alpha value is -1.48. The minimum Gasteiger partial charge on any atom is -0.495 e. The van der Waals surface area contributed by atoms with Gasteiger partial charge in [-0.2, -0.15) is 0 Å². The molecular weight excluding hydrogens is 200 g/mol. The minimum atomic E-state index is 0.298. The number of methoxy groups -OCH3 is 1. The molecule has 0 bridgehead atoms. The van der Waals surface area contributed by atoms with Crippen molar-refractivity contribution in [2.75, 3.05) is 7.11 Å². The third-order valence-electron chi connectivity index (χ3n) is 3.44. The van der Waals surface area contributed by atoms with E-state index in [4.69, 9.17) is 10.5 Å². The van der Waals surface area contributed by atoms with Crippen LogP contribution in [0, 0.1) is 0 Å². The number of H-pyrrole nitrogens is 1. The van der Waals surface area contributed by atoms with Gasteiger partial charge in [0.2, 0.25) is 0 Å². The molecule has 0 saturated heterocycles. The molecule has 1 aromatic carbocycles. The molecule has 1 unspecified atom stereocenters. The van der Waals surface area contributed by atoms with Gasteiger partial charge in [-0.25, -0.2) is 0 Å². The summed E-state index contributed by atoms with van der Waals surface area (Å²) in [4.78, 5) is 3.46. The largest absolute Gasteiger partial charge is 0.495 e. The molecule has 3 rings (SSSR count). The van der Waals surface area contributed by atoms with E-state index in [2.05, 4.69) is 11.1 Å². The van der Waals surface area contributed by atoms with Crippen LogP contribution >= 0.6 is 0 Å². The van der Waals surface area contributed by atoms with Gasteiger partial charge in [0, 0.05) is 23.5 Å². The summed E-state index contributed by atoms with van der Waals surface area (Å²) in [5.74, 6) is 0.917. The van der Waals surface area contributed by atoms with Gasteiger partial charge in [-0.05, 0) is 24.5 Å². The molecule has 1 aromatic heterocycles. The SMILES string of the molecule is COc1cccc2c3c([nH]c12)CC(N)CC3. The maximum atomic E-state index is 5.99. The Morgan fingerprint density at radius 1 is 1.44 bits per heavy atom. The summed E-state index contributed by atoms with van der Waals surface area (Å²) in [5, 5.41) is 1.29. The fraction of sp³-hybridized carbons (Fsp3) is 0.385. The molecule has 84 valence electrons. The topological polar surface area (TPSA) is 51.0 Å². The fourth-order valence-electron chi connectivity index (χ4n) is 2.62. The van der Waals surface area contributed by atoms with Crippen molar-refractivity contribution in [3.8, 4) is 5.75 Å². The van der Waals surface area contributed by atoms with Gasteiger partial charge in [0.05, 0.1) is 12.6 Å². The van der Waals surface area contributed by atoms with Gasteiger partial charge in [0.1, 0.15) is 5.75 Å². The molecule has 0 saturated carbocycles. The van der Waals surface area contributed by atoms with Crippen molar-refractivity contribution in [3.05, 3.63) is 29.5 Å². The predicted molar refractivity (Wildman–Crippen MR) is 64.9 cm³/mol. The molecule has 1 aliphatic rings. The number of aromatic nitrogens is 1. The maximum Gasteiger partial charge on any atom is 0.142 e. The molecule has 0 aliphatic heterocycles. The number of aromatic amines is 1. The van der Waals surface area contributed by atoms with Crippen LogP contribution in [-0.2, 0) is 12.8 Å². The quantitative estimate of drug-likeness (QED) is 0.766. The molecule has 16 heavy (non-hydrogen) atoms. The highest BCUT2D eigenvalue weighted by Crippen LogP contribution is 2.33. The second-order valence-electron chi connectivity index (χ2n) is 4.47. The van der Waals surface area contributed by atoms with Gasteiger partial charge in [-0.1, -0.05) is 12.1 Å². The highest BCUT2D eigenvalue weighted by Gasteiger charge is 2.20. The van der Waals surface area contributed by atoms with E-state index in [9.17, 15) is 0 Å². The van der Waals surface area contributed by atoms with Crippen LogP contribution in [0.25, 0.3) is 10.9 Å². The van der Waals surface area contributed by atoms with Crippen molar-refractivity contribution in [2.45, 2.75) is 25.3 Å². The second kappa shape index (κ2) is 3.52. The highest BCUT2D eigenvalue weighted by atomic mass is 16.5. The number of aryl methyl sites for hydroxylation is 1. The Kier molecular flexibility index (Phi) is 2.14. The summed E-state index contributed by atoms with van der Waals surface area (Å²) in [6.45, 7) is 0. The molecule has 3 N–H and O–H groups in total. The zero-order chi connectivity index (χ0) is 11.1. The number of fused-ring (bicyclic) bond motifs is 3.